The molecule has 26 heavy (non-hydrogen) atoms. The number of aromatic nitrogens is 1. The quantitative estimate of drug-likeness (QED) is 0.709. The van der Waals surface area contributed by atoms with Gasteiger partial charge in [-0.1, -0.05) is 18.2 Å². The number of pyridine rings is 1. The van der Waals surface area contributed by atoms with Crippen LogP contribution in [-0.2, 0) is 0 Å². The Morgan fingerprint density at radius 2 is 2.04 bits per heavy atom. The predicted molar refractivity (Wildman–Crippen MR) is 107 cm³/mol. The molecule has 1 aliphatic rings. The van der Waals surface area contributed by atoms with Crippen LogP contribution in [0.4, 0.5) is 0 Å². The summed E-state index contributed by atoms with van der Waals surface area (Å²) in [7, 11) is 0. The normalized spacial score (nSPS) is 16.4. The summed E-state index contributed by atoms with van der Waals surface area (Å²) in [5.74, 6) is 0.601. The highest BCUT2D eigenvalue weighted by Gasteiger charge is 2.19. The molecule has 0 saturated carbocycles. The number of halogens is 2. The van der Waals surface area contributed by atoms with Gasteiger partial charge in [0.15, 0.2) is 5.76 Å². The summed E-state index contributed by atoms with van der Waals surface area (Å²) in [6, 6.07) is 13.4. The minimum atomic E-state index is -0.0601. The average Bonchev–Trinajstić information content (AvgIpc) is 3.16. The van der Waals surface area contributed by atoms with E-state index in [1.165, 1.54) is 0 Å². The first-order chi connectivity index (χ1) is 11.8. The number of fused-ring (bicyclic) bond motifs is 1. The van der Waals surface area contributed by atoms with Gasteiger partial charge >= 0.3 is 0 Å². The first-order valence-electron chi connectivity index (χ1n) is 8.26. The second-order valence-electron chi connectivity index (χ2n) is 6.07. The van der Waals surface area contributed by atoms with Gasteiger partial charge in [0, 0.05) is 18.0 Å². The maximum absolute atomic E-state index is 12.9. The van der Waals surface area contributed by atoms with Crippen LogP contribution in [0.5, 0.6) is 0 Å². The van der Waals surface area contributed by atoms with Gasteiger partial charge in [-0.3, -0.25) is 4.79 Å². The molecule has 0 radical (unpaired) electrons. The molecular weight excluding hydrogens is 373 g/mol. The topological polar surface area (TPSA) is 67.2 Å². The Bertz CT molecular complexity index is 862. The second kappa shape index (κ2) is 9.03. The van der Waals surface area contributed by atoms with E-state index in [9.17, 15) is 4.79 Å². The monoisotopic (exact) mass is 393 g/mol. The van der Waals surface area contributed by atoms with Crippen molar-refractivity contribution in [2.45, 2.75) is 18.9 Å². The highest BCUT2D eigenvalue weighted by Crippen LogP contribution is 2.25. The Balaban J connectivity index is 0.00000121. The van der Waals surface area contributed by atoms with Crippen LogP contribution in [0, 0.1) is 0 Å². The van der Waals surface area contributed by atoms with Crippen molar-refractivity contribution in [2.24, 2.45) is 0 Å². The Kier molecular flexibility index (Phi) is 7.03. The van der Waals surface area contributed by atoms with Crippen LogP contribution in [0.3, 0.4) is 0 Å². The number of benzene rings is 1. The molecule has 5 nitrogen and oxygen atoms in total. The highest BCUT2D eigenvalue weighted by atomic mass is 35.5. The van der Waals surface area contributed by atoms with Gasteiger partial charge in [0.2, 0.25) is 0 Å². The molecule has 1 saturated heterocycles. The molecule has 4 rings (SSSR count). The fourth-order valence-electron chi connectivity index (χ4n) is 3.15. The predicted octanol–water partition coefficient (Wildman–Crippen LogP) is 3.82. The molecule has 7 heteroatoms. The van der Waals surface area contributed by atoms with E-state index in [2.05, 4.69) is 15.6 Å². The lowest BCUT2D eigenvalue weighted by molar-refractivity contribution is 0.0932. The van der Waals surface area contributed by atoms with Crippen LogP contribution in [0.1, 0.15) is 23.2 Å². The van der Waals surface area contributed by atoms with Crippen molar-refractivity contribution in [2.75, 3.05) is 13.1 Å². The van der Waals surface area contributed by atoms with Crippen LogP contribution in [0.2, 0.25) is 0 Å². The molecule has 1 fully saturated rings. The Hall–Kier alpha value is -2.08. The van der Waals surface area contributed by atoms with Gasteiger partial charge < -0.3 is 15.1 Å². The van der Waals surface area contributed by atoms with Crippen LogP contribution >= 0.6 is 24.8 Å². The van der Waals surface area contributed by atoms with Crippen molar-refractivity contribution in [3.05, 3.63) is 54.3 Å². The van der Waals surface area contributed by atoms with Crippen molar-refractivity contribution in [1.82, 2.24) is 15.6 Å². The second-order valence-corrected chi connectivity index (χ2v) is 6.07. The van der Waals surface area contributed by atoms with Gasteiger partial charge in [-0.25, -0.2) is 4.98 Å². The summed E-state index contributed by atoms with van der Waals surface area (Å²) in [5, 5.41) is 7.32. The maximum atomic E-state index is 12.9. The largest absolute Gasteiger partial charge is 0.463 e. The van der Waals surface area contributed by atoms with Gasteiger partial charge in [-0.05, 0) is 43.7 Å². The number of rotatable bonds is 3. The molecule has 1 aromatic carbocycles. The summed E-state index contributed by atoms with van der Waals surface area (Å²) in [6.07, 6.45) is 3.70. The van der Waals surface area contributed by atoms with E-state index in [4.69, 9.17) is 4.42 Å². The van der Waals surface area contributed by atoms with Gasteiger partial charge in [0.1, 0.15) is 5.69 Å². The number of hydrogen-bond donors (Lipinski definition) is 2. The number of piperidine rings is 1. The number of nitrogens with zero attached hydrogens (tertiary/aromatic N) is 1. The standard InChI is InChI=1S/C19H19N3O2.2ClH/c23-19(21-13-5-3-9-20-12-13)15-11-17(18-8-4-10-24-18)22-16-7-2-1-6-14(15)16;;/h1-2,4,6-8,10-11,13,20H,3,5,9,12H2,(H,21,23);2*1H/t13-;;/m0../s1. The van der Waals surface area contributed by atoms with Crippen molar-refractivity contribution >= 4 is 41.6 Å². The number of hydrogen-bond acceptors (Lipinski definition) is 4. The van der Waals surface area contributed by atoms with E-state index in [0.29, 0.717) is 17.0 Å². The number of furan rings is 1. The molecule has 1 atom stereocenters. The van der Waals surface area contributed by atoms with Crippen molar-refractivity contribution < 1.29 is 9.21 Å². The molecule has 0 bridgehead atoms. The molecule has 3 heterocycles. The average molecular weight is 394 g/mol. The maximum Gasteiger partial charge on any atom is 0.252 e. The first-order valence-corrected chi connectivity index (χ1v) is 8.26. The summed E-state index contributed by atoms with van der Waals surface area (Å²) in [4.78, 5) is 17.5. The minimum absolute atomic E-state index is 0. The van der Waals surface area contributed by atoms with E-state index in [1.54, 1.807) is 6.26 Å². The first kappa shape index (κ1) is 20.2. The number of nitrogens with one attached hydrogen (secondary N) is 2. The van der Waals surface area contributed by atoms with Crippen LogP contribution in [0.25, 0.3) is 22.4 Å². The third-order valence-electron chi connectivity index (χ3n) is 4.37. The lowest BCUT2D eigenvalue weighted by atomic mass is 10.0. The van der Waals surface area contributed by atoms with Crippen molar-refractivity contribution in [1.29, 1.82) is 0 Å². The van der Waals surface area contributed by atoms with Gasteiger partial charge in [-0.2, -0.15) is 0 Å². The lowest BCUT2D eigenvalue weighted by Gasteiger charge is -2.24. The molecular formula is C19H21Cl2N3O2. The zero-order chi connectivity index (χ0) is 16.4. The lowest BCUT2D eigenvalue weighted by Crippen LogP contribution is -2.45. The fourth-order valence-corrected chi connectivity index (χ4v) is 3.15. The van der Waals surface area contributed by atoms with Gasteiger partial charge in [-0.15, -0.1) is 24.8 Å². The molecule has 138 valence electrons. The smallest absolute Gasteiger partial charge is 0.252 e. The SMILES string of the molecule is Cl.Cl.O=C(N[C@H]1CCCNC1)c1cc(-c2ccco2)nc2ccccc12. The summed E-state index contributed by atoms with van der Waals surface area (Å²) < 4.78 is 5.45. The van der Waals surface area contributed by atoms with Gasteiger partial charge in [0.25, 0.3) is 5.91 Å². The fraction of sp³-hybridized carbons (Fsp3) is 0.263. The number of carbonyl (C=O) groups excluding carboxylic acids is 1. The van der Waals surface area contributed by atoms with Crippen LogP contribution in [-0.4, -0.2) is 30.0 Å². The third-order valence-corrected chi connectivity index (χ3v) is 4.37. The zero-order valence-corrected chi connectivity index (χ0v) is 15.7. The zero-order valence-electron chi connectivity index (χ0n) is 14.1. The van der Waals surface area contributed by atoms with Crippen LogP contribution in [0.15, 0.2) is 53.1 Å². The summed E-state index contributed by atoms with van der Waals surface area (Å²) >= 11 is 0. The molecule has 2 N–H and O–H groups in total. The molecule has 3 aromatic rings. The van der Waals surface area contributed by atoms with Crippen molar-refractivity contribution in [3.63, 3.8) is 0 Å². The molecule has 0 aliphatic carbocycles. The number of carbonyl (C=O) groups is 1. The van der Waals surface area contributed by atoms with Gasteiger partial charge in [0.05, 0.1) is 17.3 Å². The molecule has 1 aliphatic heterocycles. The molecule has 2 aromatic heterocycles. The summed E-state index contributed by atoms with van der Waals surface area (Å²) in [5.41, 5.74) is 2.10. The van der Waals surface area contributed by atoms with E-state index >= 15 is 0 Å². The highest BCUT2D eigenvalue weighted by molar-refractivity contribution is 6.07. The van der Waals surface area contributed by atoms with E-state index in [-0.39, 0.29) is 36.8 Å². The van der Waals surface area contributed by atoms with E-state index in [1.807, 2.05) is 42.5 Å². The summed E-state index contributed by atoms with van der Waals surface area (Å²) in [6.45, 7) is 1.84. The molecule has 0 spiro atoms. The van der Waals surface area contributed by atoms with Crippen molar-refractivity contribution in [3.8, 4) is 11.5 Å². The van der Waals surface area contributed by atoms with E-state index in [0.717, 1.165) is 36.8 Å². The number of amides is 1. The van der Waals surface area contributed by atoms with E-state index < -0.39 is 0 Å². The Morgan fingerprint density at radius 1 is 1.19 bits per heavy atom. The Labute approximate surface area is 164 Å². The molecule has 0 unspecified atom stereocenters. The number of para-hydroxylation sites is 1. The third kappa shape index (κ3) is 4.18. The molecule has 1 amide bonds. The minimum Gasteiger partial charge on any atom is -0.463 e. The Morgan fingerprint density at radius 3 is 2.77 bits per heavy atom. The van der Waals surface area contributed by atoms with Crippen LogP contribution < -0.4 is 10.6 Å².